The molecular formula is C16H19NO2. The van der Waals surface area contributed by atoms with Gasteiger partial charge in [-0.25, -0.2) is 0 Å². The monoisotopic (exact) mass is 257 g/mol. The molecule has 0 radical (unpaired) electrons. The van der Waals surface area contributed by atoms with Crippen molar-refractivity contribution in [1.82, 2.24) is 5.32 Å². The number of methoxy groups -OCH3 is 1. The molecule has 100 valence electrons. The van der Waals surface area contributed by atoms with Gasteiger partial charge in [-0.05, 0) is 18.5 Å². The number of benzene rings is 2. The van der Waals surface area contributed by atoms with E-state index in [-0.39, 0.29) is 12.2 Å². The van der Waals surface area contributed by atoms with Crippen LogP contribution >= 0.6 is 0 Å². The maximum Gasteiger partial charge on any atom is 0.128 e. The molecule has 1 fully saturated rings. The first kappa shape index (κ1) is 12.5. The molecule has 0 spiro atoms. The van der Waals surface area contributed by atoms with Gasteiger partial charge in [-0.1, -0.05) is 36.4 Å². The first-order valence-electron chi connectivity index (χ1n) is 6.68. The number of rotatable bonds is 4. The van der Waals surface area contributed by atoms with Gasteiger partial charge in [-0.15, -0.1) is 0 Å². The van der Waals surface area contributed by atoms with Crippen molar-refractivity contribution in [3.8, 4) is 5.75 Å². The Morgan fingerprint density at radius 1 is 1.11 bits per heavy atom. The van der Waals surface area contributed by atoms with Gasteiger partial charge in [0, 0.05) is 25.0 Å². The topological polar surface area (TPSA) is 30.5 Å². The average molecular weight is 257 g/mol. The zero-order valence-corrected chi connectivity index (χ0v) is 11.3. The Balaban J connectivity index is 1.83. The fraction of sp³-hybridized carbons (Fsp3) is 0.375. The Morgan fingerprint density at radius 3 is 2.68 bits per heavy atom. The van der Waals surface area contributed by atoms with Crippen molar-refractivity contribution in [3.63, 3.8) is 0 Å². The molecule has 3 heteroatoms. The van der Waals surface area contributed by atoms with Crippen molar-refractivity contribution < 1.29 is 9.47 Å². The van der Waals surface area contributed by atoms with Gasteiger partial charge < -0.3 is 14.8 Å². The highest BCUT2D eigenvalue weighted by molar-refractivity contribution is 5.88. The van der Waals surface area contributed by atoms with Gasteiger partial charge in [0.1, 0.15) is 18.0 Å². The summed E-state index contributed by atoms with van der Waals surface area (Å²) >= 11 is 0. The van der Waals surface area contributed by atoms with Crippen LogP contribution in [0.4, 0.5) is 0 Å². The summed E-state index contributed by atoms with van der Waals surface area (Å²) in [6.07, 6.45) is 1.25. The molecule has 3 unspecified atom stereocenters. The number of ether oxygens (including phenoxy) is 2. The summed E-state index contributed by atoms with van der Waals surface area (Å²) in [7, 11) is 3.71. The first-order chi connectivity index (χ1) is 9.33. The van der Waals surface area contributed by atoms with Crippen LogP contribution in [-0.4, -0.2) is 32.4 Å². The van der Waals surface area contributed by atoms with E-state index in [0.29, 0.717) is 6.04 Å². The fourth-order valence-corrected chi connectivity index (χ4v) is 2.76. The molecule has 1 N–H and O–H groups in total. The molecule has 0 heterocycles. The Labute approximate surface area is 113 Å². The molecule has 2 aromatic carbocycles. The predicted octanol–water partition coefficient (Wildman–Crippen LogP) is 2.59. The molecule has 2 aromatic rings. The van der Waals surface area contributed by atoms with Gasteiger partial charge in [0.25, 0.3) is 0 Å². The summed E-state index contributed by atoms with van der Waals surface area (Å²) < 4.78 is 11.6. The highest BCUT2D eigenvalue weighted by atomic mass is 16.5. The van der Waals surface area contributed by atoms with E-state index in [0.717, 1.165) is 17.6 Å². The van der Waals surface area contributed by atoms with Crippen molar-refractivity contribution in [3.05, 3.63) is 42.5 Å². The minimum atomic E-state index is 0.129. The van der Waals surface area contributed by atoms with Crippen LogP contribution in [0.25, 0.3) is 10.8 Å². The SMILES string of the molecule is CNC1CC(Oc2cccc3ccccc23)C1OC. The van der Waals surface area contributed by atoms with Gasteiger partial charge in [0.05, 0.1) is 0 Å². The van der Waals surface area contributed by atoms with Crippen molar-refractivity contribution in [2.45, 2.75) is 24.7 Å². The van der Waals surface area contributed by atoms with Gasteiger partial charge in [-0.2, -0.15) is 0 Å². The zero-order chi connectivity index (χ0) is 13.2. The normalized spacial score (nSPS) is 26.1. The van der Waals surface area contributed by atoms with E-state index in [1.165, 1.54) is 5.39 Å². The second kappa shape index (κ2) is 5.19. The van der Waals surface area contributed by atoms with Crippen molar-refractivity contribution >= 4 is 10.8 Å². The molecule has 0 amide bonds. The number of hydrogen-bond acceptors (Lipinski definition) is 3. The van der Waals surface area contributed by atoms with Crippen LogP contribution < -0.4 is 10.1 Å². The lowest BCUT2D eigenvalue weighted by Gasteiger charge is -2.43. The van der Waals surface area contributed by atoms with E-state index in [4.69, 9.17) is 9.47 Å². The third kappa shape index (κ3) is 2.20. The van der Waals surface area contributed by atoms with Crippen molar-refractivity contribution in [2.75, 3.05) is 14.2 Å². The lowest BCUT2D eigenvalue weighted by atomic mass is 9.85. The average Bonchev–Trinajstić information content (AvgIpc) is 2.43. The van der Waals surface area contributed by atoms with E-state index >= 15 is 0 Å². The first-order valence-corrected chi connectivity index (χ1v) is 6.68. The minimum Gasteiger partial charge on any atom is -0.487 e. The van der Waals surface area contributed by atoms with E-state index in [1.54, 1.807) is 7.11 Å². The van der Waals surface area contributed by atoms with E-state index in [2.05, 4.69) is 23.5 Å². The van der Waals surface area contributed by atoms with Gasteiger partial charge in [-0.3, -0.25) is 0 Å². The quantitative estimate of drug-likeness (QED) is 0.913. The van der Waals surface area contributed by atoms with Crippen LogP contribution in [0.1, 0.15) is 6.42 Å². The summed E-state index contributed by atoms with van der Waals surface area (Å²) in [5, 5.41) is 5.62. The molecule has 0 aliphatic heterocycles. The van der Waals surface area contributed by atoms with Crippen LogP contribution in [0.15, 0.2) is 42.5 Å². The maximum atomic E-state index is 6.13. The van der Waals surface area contributed by atoms with Crippen LogP contribution in [0.5, 0.6) is 5.75 Å². The van der Waals surface area contributed by atoms with Crippen LogP contribution in [0.3, 0.4) is 0 Å². The maximum absolute atomic E-state index is 6.13. The van der Waals surface area contributed by atoms with E-state index < -0.39 is 0 Å². The molecule has 1 aliphatic rings. The lowest BCUT2D eigenvalue weighted by molar-refractivity contribution is -0.0864. The Hall–Kier alpha value is -1.58. The summed E-state index contributed by atoms with van der Waals surface area (Å²) in [6.45, 7) is 0. The lowest BCUT2D eigenvalue weighted by Crippen LogP contribution is -2.60. The molecule has 0 saturated heterocycles. The standard InChI is InChI=1S/C16H19NO2/c1-17-13-10-15(16(13)18-2)19-14-9-5-7-11-6-3-4-8-12(11)14/h3-9,13,15-17H,10H2,1-2H3. The van der Waals surface area contributed by atoms with Crippen molar-refractivity contribution in [2.24, 2.45) is 0 Å². The summed E-state index contributed by atoms with van der Waals surface area (Å²) in [5.74, 6) is 0.944. The summed E-state index contributed by atoms with van der Waals surface area (Å²) in [4.78, 5) is 0. The number of likely N-dealkylation sites (N-methyl/N-ethyl adjacent to an activating group) is 1. The van der Waals surface area contributed by atoms with Crippen LogP contribution in [0, 0.1) is 0 Å². The zero-order valence-electron chi connectivity index (χ0n) is 11.3. The predicted molar refractivity (Wildman–Crippen MR) is 76.6 cm³/mol. The Morgan fingerprint density at radius 2 is 1.89 bits per heavy atom. The van der Waals surface area contributed by atoms with Gasteiger partial charge in [0.2, 0.25) is 0 Å². The molecule has 0 bridgehead atoms. The smallest absolute Gasteiger partial charge is 0.128 e. The highest BCUT2D eigenvalue weighted by Crippen LogP contribution is 2.32. The summed E-state index contributed by atoms with van der Waals surface area (Å²) in [5.41, 5.74) is 0. The summed E-state index contributed by atoms with van der Waals surface area (Å²) in [6, 6.07) is 14.9. The molecule has 3 rings (SSSR count). The number of fused-ring (bicyclic) bond motifs is 1. The minimum absolute atomic E-state index is 0.129. The molecule has 1 aliphatic carbocycles. The van der Waals surface area contributed by atoms with E-state index in [9.17, 15) is 0 Å². The van der Waals surface area contributed by atoms with Crippen molar-refractivity contribution in [1.29, 1.82) is 0 Å². The molecule has 3 atom stereocenters. The largest absolute Gasteiger partial charge is 0.487 e. The third-order valence-electron chi connectivity index (χ3n) is 3.92. The van der Waals surface area contributed by atoms with E-state index in [1.807, 2.05) is 31.3 Å². The Bertz CT molecular complexity index is 564. The third-order valence-corrected chi connectivity index (χ3v) is 3.92. The number of hydrogen-bond donors (Lipinski definition) is 1. The second-order valence-electron chi connectivity index (χ2n) is 4.96. The number of nitrogens with one attached hydrogen (secondary N) is 1. The molecular weight excluding hydrogens is 238 g/mol. The fourth-order valence-electron chi connectivity index (χ4n) is 2.76. The Kier molecular flexibility index (Phi) is 3.40. The van der Waals surface area contributed by atoms with Crippen LogP contribution in [0.2, 0.25) is 0 Å². The molecule has 3 nitrogen and oxygen atoms in total. The molecule has 0 aromatic heterocycles. The molecule has 1 saturated carbocycles. The van der Waals surface area contributed by atoms with Gasteiger partial charge in [0.15, 0.2) is 0 Å². The second-order valence-corrected chi connectivity index (χ2v) is 4.96. The molecule has 19 heavy (non-hydrogen) atoms. The van der Waals surface area contributed by atoms with Crippen LogP contribution in [-0.2, 0) is 4.74 Å². The van der Waals surface area contributed by atoms with Gasteiger partial charge >= 0.3 is 0 Å². The highest BCUT2D eigenvalue weighted by Gasteiger charge is 2.42.